The molecule has 21 heavy (non-hydrogen) atoms. The van der Waals surface area contributed by atoms with Gasteiger partial charge < -0.3 is 4.57 Å². The topological polar surface area (TPSA) is 17.8 Å². The molecule has 0 amide bonds. The summed E-state index contributed by atoms with van der Waals surface area (Å²) in [5.41, 5.74) is 1.56. The first-order valence-corrected chi connectivity index (χ1v) is 7.81. The Hall–Kier alpha value is -1.40. The summed E-state index contributed by atoms with van der Waals surface area (Å²) < 4.78 is 17.1. The van der Waals surface area contributed by atoms with E-state index in [0.717, 1.165) is 15.0 Å². The molecule has 0 saturated carbocycles. The van der Waals surface area contributed by atoms with Gasteiger partial charge in [-0.2, -0.15) is 0 Å². The molecule has 0 radical (unpaired) electrons. The number of rotatable bonds is 3. The van der Waals surface area contributed by atoms with Crippen LogP contribution >= 0.6 is 34.2 Å². The van der Waals surface area contributed by atoms with Crippen LogP contribution in [0.4, 0.5) is 4.39 Å². The van der Waals surface area contributed by atoms with Crippen LogP contribution in [-0.4, -0.2) is 9.55 Å². The second-order valence-corrected chi connectivity index (χ2v) is 6.25. The maximum absolute atomic E-state index is 14.0. The number of hydrogen-bond acceptors (Lipinski definition) is 1. The molecule has 0 aliphatic carbocycles. The van der Waals surface area contributed by atoms with Crippen LogP contribution < -0.4 is 0 Å². The fourth-order valence-corrected chi connectivity index (χ4v) is 2.92. The summed E-state index contributed by atoms with van der Waals surface area (Å²) in [6.07, 6.45) is 3.56. The van der Waals surface area contributed by atoms with E-state index >= 15 is 0 Å². The molecule has 1 heterocycles. The highest BCUT2D eigenvalue weighted by atomic mass is 127. The highest BCUT2D eigenvalue weighted by molar-refractivity contribution is 14.1. The van der Waals surface area contributed by atoms with Crippen molar-refractivity contribution in [3.05, 3.63) is 74.8 Å². The first-order valence-electron chi connectivity index (χ1n) is 6.35. The van der Waals surface area contributed by atoms with Crippen molar-refractivity contribution in [3.63, 3.8) is 0 Å². The molecule has 0 unspecified atom stereocenters. The van der Waals surface area contributed by atoms with E-state index in [1.165, 1.54) is 0 Å². The molecule has 0 aliphatic heterocycles. The number of benzene rings is 2. The standard InChI is InChI=1S/C16H11ClFIN2/c17-14-6-2-4-12(15(14)18)10-21-8-7-20-16(21)11-3-1-5-13(19)9-11/h1-9H,10H2. The molecule has 0 bridgehead atoms. The Bertz CT molecular complexity index is 785. The lowest BCUT2D eigenvalue weighted by Gasteiger charge is -2.10. The highest BCUT2D eigenvalue weighted by Gasteiger charge is 2.11. The Morgan fingerprint density at radius 3 is 2.81 bits per heavy atom. The van der Waals surface area contributed by atoms with Crippen molar-refractivity contribution >= 4 is 34.2 Å². The van der Waals surface area contributed by atoms with Gasteiger partial charge in [0.25, 0.3) is 0 Å². The molecule has 0 saturated heterocycles. The van der Waals surface area contributed by atoms with Gasteiger partial charge in [0.2, 0.25) is 0 Å². The number of hydrogen-bond donors (Lipinski definition) is 0. The molecule has 1 aromatic heterocycles. The molecule has 3 rings (SSSR count). The molecule has 0 atom stereocenters. The molecule has 3 aromatic rings. The minimum atomic E-state index is -0.374. The second kappa shape index (κ2) is 6.15. The van der Waals surface area contributed by atoms with E-state index in [4.69, 9.17) is 11.6 Å². The zero-order valence-corrected chi connectivity index (χ0v) is 13.8. The van der Waals surface area contributed by atoms with Gasteiger partial charge in [-0.25, -0.2) is 9.37 Å². The van der Waals surface area contributed by atoms with Crippen LogP contribution in [0.1, 0.15) is 5.56 Å². The summed E-state index contributed by atoms with van der Waals surface area (Å²) in [4.78, 5) is 4.38. The molecule has 2 aromatic carbocycles. The zero-order chi connectivity index (χ0) is 14.8. The predicted octanol–water partition coefficient (Wildman–Crippen LogP) is 5.00. The van der Waals surface area contributed by atoms with Crippen molar-refractivity contribution in [1.29, 1.82) is 0 Å². The van der Waals surface area contributed by atoms with Crippen molar-refractivity contribution in [2.75, 3.05) is 0 Å². The van der Waals surface area contributed by atoms with Crippen molar-refractivity contribution in [2.45, 2.75) is 6.54 Å². The Balaban J connectivity index is 1.98. The molecule has 0 aliphatic rings. The number of imidazole rings is 1. The van der Waals surface area contributed by atoms with Gasteiger partial charge in [0.15, 0.2) is 0 Å². The Morgan fingerprint density at radius 1 is 1.19 bits per heavy atom. The van der Waals surface area contributed by atoms with E-state index < -0.39 is 0 Å². The number of halogens is 3. The molecule has 106 valence electrons. The number of aromatic nitrogens is 2. The highest BCUT2D eigenvalue weighted by Crippen LogP contribution is 2.23. The van der Waals surface area contributed by atoms with E-state index in [0.29, 0.717) is 12.1 Å². The van der Waals surface area contributed by atoms with Crippen molar-refractivity contribution in [1.82, 2.24) is 9.55 Å². The summed E-state index contributed by atoms with van der Waals surface area (Å²) in [5.74, 6) is 0.439. The number of nitrogens with zero attached hydrogens (tertiary/aromatic N) is 2. The van der Waals surface area contributed by atoms with Crippen LogP contribution in [0.15, 0.2) is 54.9 Å². The molecular weight excluding hydrogens is 402 g/mol. The summed E-state index contributed by atoms with van der Waals surface area (Å²) in [6, 6.07) is 13.1. The van der Waals surface area contributed by atoms with Gasteiger partial charge in [0.05, 0.1) is 11.6 Å². The van der Waals surface area contributed by atoms with Crippen LogP contribution in [0.5, 0.6) is 0 Å². The maximum Gasteiger partial charge on any atom is 0.146 e. The van der Waals surface area contributed by atoms with E-state index in [9.17, 15) is 4.39 Å². The average Bonchev–Trinajstić information content (AvgIpc) is 2.92. The minimum Gasteiger partial charge on any atom is -0.326 e. The molecule has 0 N–H and O–H groups in total. The van der Waals surface area contributed by atoms with Gasteiger partial charge in [0, 0.05) is 27.1 Å². The van der Waals surface area contributed by atoms with Crippen LogP contribution in [0.3, 0.4) is 0 Å². The molecule has 0 spiro atoms. The third-order valence-corrected chi connectivity index (χ3v) is 4.13. The van der Waals surface area contributed by atoms with E-state index in [1.807, 2.05) is 35.0 Å². The lowest BCUT2D eigenvalue weighted by atomic mass is 10.2. The average molecular weight is 413 g/mol. The van der Waals surface area contributed by atoms with Gasteiger partial charge in [-0.1, -0.05) is 35.9 Å². The van der Waals surface area contributed by atoms with Crippen LogP contribution in [0.2, 0.25) is 5.02 Å². The molecule has 0 fully saturated rings. The normalized spacial score (nSPS) is 10.8. The third-order valence-electron chi connectivity index (χ3n) is 3.17. The Kier molecular flexibility index (Phi) is 4.26. The fourth-order valence-electron chi connectivity index (χ4n) is 2.18. The van der Waals surface area contributed by atoms with Crippen LogP contribution in [0.25, 0.3) is 11.4 Å². The van der Waals surface area contributed by atoms with Gasteiger partial charge in [-0.15, -0.1) is 0 Å². The van der Waals surface area contributed by atoms with E-state index in [2.05, 4.69) is 27.6 Å². The molecular formula is C16H11ClFIN2. The maximum atomic E-state index is 14.0. The van der Waals surface area contributed by atoms with E-state index in [-0.39, 0.29) is 10.8 Å². The van der Waals surface area contributed by atoms with Gasteiger partial charge in [0.1, 0.15) is 11.6 Å². The fraction of sp³-hybridized carbons (Fsp3) is 0.0625. The third kappa shape index (κ3) is 3.11. The Labute approximate surface area is 140 Å². The summed E-state index contributed by atoms with van der Waals surface area (Å²) in [7, 11) is 0. The first kappa shape index (κ1) is 14.5. The van der Waals surface area contributed by atoms with Gasteiger partial charge in [-0.3, -0.25) is 0 Å². The lowest BCUT2D eigenvalue weighted by Crippen LogP contribution is -2.03. The van der Waals surface area contributed by atoms with E-state index in [1.54, 1.807) is 24.4 Å². The van der Waals surface area contributed by atoms with Crippen molar-refractivity contribution in [3.8, 4) is 11.4 Å². The van der Waals surface area contributed by atoms with Gasteiger partial charge in [-0.05, 0) is 40.8 Å². The molecule has 5 heteroatoms. The van der Waals surface area contributed by atoms with Gasteiger partial charge >= 0.3 is 0 Å². The summed E-state index contributed by atoms with van der Waals surface area (Å²) in [6.45, 7) is 0.396. The SMILES string of the molecule is Fc1c(Cl)cccc1Cn1ccnc1-c1cccc(I)c1. The Morgan fingerprint density at radius 2 is 2.00 bits per heavy atom. The first-order chi connectivity index (χ1) is 10.1. The quantitative estimate of drug-likeness (QED) is 0.554. The smallest absolute Gasteiger partial charge is 0.146 e. The lowest BCUT2D eigenvalue weighted by molar-refractivity contribution is 0.600. The van der Waals surface area contributed by atoms with Crippen LogP contribution in [-0.2, 0) is 6.54 Å². The minimum absolute atomic E-state index is 0.142. The zero-order valence-electron chi connectivity index (χ0n) is 10.9. The monoisotopic (exact) mass is 412 g/mol. The van der Waals surface area contributed by atoms with Crippen LogP contribution in [0, 0.1) is 9.39 Å². The van der Waals surface area contributed by atoms with Crippen molar-refractivity contribution in [2.24, 2.45) is 0 Å². The van der Waals surface area contributed by atoms with Crippen molar-refractivity contribution < 1.29 is 4.39 Å². The largest absolute Gasteiger partial charge is 0.326 e. The second-order valence-electron chi connectivity index (χ2n) is 4.60. The predicted molar refractivity (Wildman–Crippen MR) is 90.9 cm³/mol. The molecule has 2 nitrogen and oxygen atoms in total. The summed E-state index contributed by atoms with van der Waals surface area (Å²) in [5, 5.41) is 0.142. The summed E-state index contributed by atoms with van der Waals surface area (Å²) >= 11 is 8.09.